The molecule has 0 heterocycles. The third-order valence-corrected chi connectivity index (χ3v) is 5.24. The van der Waals surface area contributed by atoms with Crippen LogP contribution < -0.4 is 0 Å². The zero-order valence-electron chi connectivity index (χ0n) is 15.8. The van der Waals surface area contributed by atoms with E-state index in [0.717, 1.165) is 6.92 Å². The molecule has 0 bridgehead atoms. The molecule has 1 aliphatic carbocycles. The summed E-state index contributed by atoms with van der Waals surface area (Å²) in [6, 6.07) is 0. The van der Waals surface area contributed by atoms with E-state index in [0.29, 0.717) is 12.8 Å². The Morgan fingerprint density at radius 2 is 1.55 bits per heavy atom. The molecule has 31 heavy (non-hydrogen) atoms. The van der Waals surface area contributed by atoms with Crippen molar-refractivity contribution in [2.45, 2.75) is 62.2 Å². The van der Waals surface area contributed by atoms with Gasteiger partial charge in [-0.05, 0) is 19.8 Å². The molecule has 16 heteroatoms. The van der Waals surface area contributed by atoms with E-state index in [9.17, 15) is 53.3 Å². The van der Waals surface area contributed by atoms with Crippen molar-refractivity contribution in [1.29, 1.82) is 0 Å². The van der Waals surface area contributed by atoms with E-state index in [2.05, 4.69) is 14.2 Å². The molecular weight excluding hydrogens is 473 g/mol. The van der Waals surface area contributed by atoms with Crippen molar-refractivity contribution >= 4 is 22.1 Å². The fourth-order valence-corrected chi connectivity index (χ4v) is 3.12. The van der Waals surface area contributed by atoms with Crippen molar-refractivity contribution in [2.24, 2.45) is 5.92 Å². The second kappa shape index (κ2) is 9.44. The maximum atomic E-state index is 13.7. The van der Waals surface area contributed by atoms with Crippen molar-refractivity contribution in [1.82, 2.24) is 0 Å². The molecule has 0 aromatic carbocycles. The Morgan fingerprint density at radius 3 is 1.97 bits per heavy atom. The van der Waals surface area contributed by atoms with E-state index < -0.39 is 70.7 Å². The molecule has 0 amide bonds. The quantitative estimate of drug-likeness (QED) is 0.198. The normalized spacial score (nSPS) is 18.5. The van der Waals surface area contributed by atoms with Gasteiger partial charge in [-0.15, -0.1) is 0 Å². The molecule has 0 radical (unpaired) electrons. The molecule has 0 aliphatic heterocycles. The van der Waals surface area contributed by atoms with Gasteiger partial charge < -0.3 is 18.8 Å². The lowest BCUT2D eigenvalue weighted by Crippen LogP contribution is -2.59. The average molecular weight is 491 g/mol. The summed E-state index contributed by atoms with van der Waals surface area (Å²) < 4.78 is 138. The van der Waals surface area contributed by atoms with Gasteiger partial charge in [-0.1, -0.05) is 12.8 Å². The lowest BCUT2D eigenvalue weighted by atomic mass is 10.1. The van der Waals surface area contributed by atoms with Crippen LogP contribution in [0.5, 0.6) is 0 Å². The highest BCUT2D eigenvalue weighted by Gasteiger charge is 2.69. The molecule has 182 valence electrons. The summed E-state index contributed by atoms with van der Waals surface area (Å²) in [5, 5.41) is -6.19. The number of halogens is 7. The van der Waals surface area contributed by atoms with Gasteiger partial charge >= 0.3 is 35.1 Å². The number of ether oxygens (including phenoxy) is 3. The maximum absolute atomic E-state index is 13.7. The molecule has 1 unspecified atom stereocenters. The van der Waals surface area contributed by atoms with E-state index in [4.69, 9.17) is 0 Å². The Hall–Kier alpha value is -1.68. The maximum Gasteiger partial charge on any atom is 0.468 e. The molecule has 0 saturated heterocycles. The summed E-state index contributed by atoms with van der Waals surface area (Å²) in [6.07, 6.45) is -7.19. The monoisotopic (exact) mass is 491 g/mol. The smallest absolute Gasteiger partial charge is 0.468 e. The van der Waals surface area contributed by atoms with Crippen LogP contribution in [0.25, 0.3) is 0 Å². The second-order valence-electron chi connectivity index (χ2n) is 6.51. The Kier molecular flexibility index (Phi) is 8.33. The topological polar surface area (TPSA) is 119 Å². The van der Waals surface area contributed by atoms with Gasteiger partial charge in [0, 0.05) is 6.42 Å². The van der Waals surface area contributed by atoms with Crippen molar-refractivity contribution < 1.29 is 67.5 Å². The van der Waals surface area contributed by atoms with Crippen LogP contribution >= 0.6 is 0 Å². The Balaban J connectivity index is 3.19. The summed E-state index contributed by atoms with van der Waals surface area (Å²) >= 11 is 0. The molecule has 0 aromatic heterocycles. The molecule has 1 rings (SSSR count). The van der Waals surface area contributed by atoms with Crippen molar-refractivity contribution in [3.05, 3.63) is 0 Å². The third kappa shape index (κ3) is 5.77. The number of carbonyl (C=O) groups is 2. The summed E-state index contributed by atoms with van der Waals surface area (Å²) in [4.78, 5) is 24.0. The SMILES string of the molecule is CCOC(=O)C(OCCC(F)(F)C(F)(F)S(=O)(=O)[O-])(OC(=O)C1CCCC1)C(F)(F)F. The minimum atomic E-state index is -6.90. The number of alkyl halides is 7. The highest BCUT2D eigenvalue weighted by molar-refractivity contribution is 7.86. The highest BCUT2D eigenvalue weighted by Crippen LogP contribution is 2.43. The number of carbonyl (C=O) groups excluding carboxylic acids is 2. The predicted molar refractivity (Wildman–Crippen MR) is 83.6 cm³/mol. The zero-order chi connectivity index (χ0) is 24.3. The van der Waals surface area contributed by atoms with Crippen molar-refractivity contribution in [2.75, 3.05) is 13.2 Å². The fourth-order valence-electron chi connectivity index (χ4n) is 2.65. The van der Waals surface area contributed by atoms with Crippen LogP contribution in [0.2, 0.25) is 0 Å². The van der Waals surface area contributed by atoms with Crippen LogP contribution in [-0.2, 0) is 33.9 Å². The molecule has 1 fully saturated rings. The molecular formula is C15H18F7O8S-. The highest BCUT2D eigenvalue weighted by atomic mass is 32.2. The number of hydrogen-bond acceptors (Lipinski definition) is 8. The summed E-state index contributed by atoms with van der Waals surface area (Å²) in [6.45, 7) is -1.69. The second-order valence-corrected chi connectivity index (χ2v) is 7.93. The minimum Gasteiger partial charge on any atom is -0.743 e. The van der Waals surface area contributed by atoms with Gasteiger partial charge in [0.05, 0.1) is 19.1 Å². The summed E-state index contributed by atoms with van der Waals surface area (Å²) in [7, 11) is -6.90. The Labute approximate surface area is 171 Å². The third-order valence-electron chi connectivity index (χ3n) is 4.31. The molecule has 1 saturated carbocycles. The first kappa shape index (κ1) is 27.4. The average Bonchev–Trinajstić information content (AvgIpc) is 3.13. The van der Waals surface area contributed by atoms with Crippen LogP contribution in [0.1, 0.15) is 39.0 Å². The fraction of sp³-hybridized carbons (Fsp3) is 0.867. The van der Waals surface area contributed by atoms with E-state index in [-0.39, 0.29) is 12.8 Å². The van der Waals surface area contributed by atoms with Crippen LogP contribution in [0.4, 0.5) is 30.7 Å². The number of esters is 2. The van der Waals surface area contributed by atoms with Crippen LogP contribution in [-0.4, -0.2) is 61.3 Å². The minimum absolute atomic E-state index is 0.112. The number of rotatable bonds is 10. The first-order valence-corrected chi connectivity index (χ1v) is 10.2. The van der Waals surface area contributed by atoms with Crippen LogP contribution in [0.3, 0.4) is 0 Å². The van der Waals surface area contributed by atoms with E-state index in [1.165, 1.54) is 0 Å². The van der Waals surface area contributed by atoms with Gasteiger partial charge in [0.1, 0.15) is 0 Å². The molecule has 0 spiro atoms. The molecule has 0 aromatic rings. The summed E-state index contributed by atoms with van der Waals surface area (Å²) in [5.41, 5.74) is 0. The van der Waals surface area contributed by atoms with Gasteiger partial charge in [-0.25, -0.2) is 13.2 Å². The largest absolute Gasteiger partial charge is 0.743 e. The molecule has 1 aliphatic rings. The van der Waals surface area contributed by atoms with Crippen LogP contribution in [0, 0.1) is 5.92 Å². The lowest BCUT2D eigenvalue weighted by Gasteiger charge is -2.34. The van der Waals surface area contributed by atoms with E-state index in [1.807, 2.05) is 0 Å². The van der Waals surface area contributed by atoms with Gasteiger partial charge in [-0.2, -0.15) is 30.7 Å². The zero-order valence-corrected chi connectivity index (χ0v) is 16.7. The first-order chi connectivity index (χ1) is 13.9. The van der Waals surface area contributed by atoms with Gasteiger partial charge in [-0.3, -0.25) is 4.79 Å². The van der Waals surface area contributed by atoms with Gasteiger partial charge in [0.2, 0.25) is 0 Å². The van der Waals surface area contributed by atoms with E-state index in [1.54, 1.807) is 0 Å². The van der Waals surface area contributed by atoms with Crippen molar-refractivity contribution in [3.8, 4) is 0 Å². The lowest BCUT2D eigenvalue weighted by molar-refractivity contribution is -0.359. The van der Waals surface area contributed by atoms with E-state index >= 15 is 0 Å². The Morgan fingerprint density at radius 1 is 1.03 bits per heavy atom. The van der Waals surface area contributed by atoms with Crippen LogP contribution in [0.15, 0.2) is 0 Å². The molecule has 0 N–H and O–H groups in total. The Bertz CT molecular complexity index is 762. The molecule has 1 atom stereocenters. The first-order valence-electron chi connectivity index (χ1n) is 8.74. The van der Waals surface area contributed by atoms with Gasteiger partial charge in [0.15, 0.2) is 10.1 Å². The summed E-state index contributed by atoms with van der Waals surface area (Å²) in [5.74, 6) is -15.2. The van der Waals surface area contributed by atoms with Crippen molar-refractivity contribution in [3.63, 3.8) is 0 Å². The van der Waals surface area contributed by atoms with Gasteiger partial charge in [0.25, 0.3) is 0 Å². The number of hydrogen-bond donors (Lipinski definition) is 0. The predicted octanol–water partition coefficient (Wildman–Crippen LogP) is 2.72. The standard InChI is InChI=1S/C15H19F7O8S/c1-2-28-11(24)13(14(18,19)20,30-10(23)9-5-3-4-6-9)29-8-7-12(16,17)15(21,22)31(25,26)27/h9H,2-8H2,1H3,(H,25,26,27)/p-1. The molecule has 8 nitrogen and oxygen atoms in total.